The zero-order valence-electron chi connectivity index (χ0n) is 40.7. The van der Waals surface area contributed by atoms with E-state index in [0.717, 1.165) is 70.7 Å². The molecule has 4 rings (SSSR count). The van der Waals surface area contributed by atoms with Crippen molar-refractivity contribution in [3.63, 3.8) is 0 Å². The summed E-state index contributed by atoms with van der Waals surface area (Å²) in [6, 6.07) is 30.7. The third-order valence-corrected chi connectivity index (χ3v) is 8.11. The Kier molecular flexibility index (Phi) is 33.7. The van der Waals surface area contributed by atoms with E-state index in [1.54, 1.807) is 12.1 Å². The molecule has 0 atom stereocenters. The summed E-state index contributed by atoms with van der Waals surface area (Å²) in [6.07, 6.45) is 8.71. The van der Waals surface area contributed by atoms with Gasteiger partial charge >= 0.3 is 41.8 Å². The van der Waals surface area contributed by atoms with Gasteiger partial charge in [-0.25, -0.2) is 33.6 Å². The topological polar surface area (TPSA) is 193 Å². The lowest BCUT2D eigenvalue weighted by Crippen LogP contribution is -2.27. The third kappa shape index (κ3) is 32.7. The molecule has 0 fully saturated rings. The zero-order chi connectivity index (χ0) is 53.3. The van der Waals surface area contributed by atoms with Crippen molar-refractivity contribution in [2.75, 3.05) is 33.0 Å². The molecule has 0 unspecified atom stereocenters. The fourth-order valence-corrected chi connectivity index (χ4v) is 4.61. The Labute approximate surface area is 416 Å². The summed E-state index contributed by atoms with van der Waals surface area (Å²) in [5.41, 5.74) is 2.20. The number of carbonyl (C=O) groups excluding carboxylic acids is 7. The molecule has 0 aliphatic rings. The lowest BCUT2D eigenvalue weighted by atomic mass is 9.96. The summed E-state index contributed by atoms with van der Waals surface area (Å²) in [5.74, 6) is -2.32. The monoisotopic (exact) mass is 976 g/mol. The minimum atomic E-state index is -0.488. The van der Waals surface area contributed by atoms with Crippen LogP contribution in [0.1, 0.15) is 43.9 Å². The van der Waals surface area contributed by atoms with Gasteiger partial charge in [-0.2, -0.15) is 0 Å². The van der Waals surface area contributed by atoms with Crippen molar-refractivity contribution in [3.8, 4) is 5.75 Å². The van der Waals surface area contributed by atoms with Gasteiger partial charge in [0.05, 0.1) is 19.8 Å². The average molecular weight is 977 g/mol. The van der Waals surface area contributed by atoms with Crippen molar-refractivity contribution < 1.29 is 71.5 Å². The Morgan fingerprint density at radius 3 is 1.23 bits per heavy atom. The molecule has 0 aliphatic heterocycles. The summed E-state index contributed by atoms with van der Waals surface area (Å²) in [7, 11) is 0. The molecule has 4 aromatic carbocycles. The first kappa shape index (κ1) is 62.4. The highest BCUT2D eigenvalue weighted by Gasteiger charge is 2.21. The Hall–Kier alpha value is -8.59. The molecule has 0 bridgehead atoms. The average Bonchev–Trinajstić information content (AvgIpc) is 3.40. The molecule has 378 valence electrons. The highest BCUT2D eigenvalue weighted by molar-refractivity contribution is 5.84. The van der Waals surface area contributed by atoms with E-state index in [9.17, 15) is 33.6 Å². The number of hydrogen-bond donors (Lipinski definition) is 0. The van der Waals surface area contributed by atoms with Crippen LogP contribution in [0, 0.1) is 5.41 Å². The van der Waals surface area contributed by atoms with Crippen molar-refractivity contribution in [3.05, 3.63) is 202 Å². The van der Waals surface area contributed by atoms with Gasteiger partial charge in [0.2, 0.25) is 0 Å². The second kappa shape index (κ2) is 38.4. The number of ether oxygens (including phenoxy) is 8. The zero-order valence-corrected chi connectivity index (χ0v) is 40.7. The van der Waals surface area contributed by atoms with E-state index < -0.39 is 41.2 Å². The van der Waals surface area contributed by atoms with Crippen molar-refractivity contribution in [1.29, 1.82) is 0 Å². The number of esters is 7. The van der Waals surface area contributed by atoms with Crippen molar-refractivity contribution in [2.24, 2.45) is 5.41 Å². The van der Waals surface area contributed by atoms with E-state index in [0.29, 0.717) is 13.2 Å². The Morgan fingerprint density at radius 1 is 0.408 bits per heavy atom. The Bertz CT molecular complexity index is 2300. The molecule has 0 heterocycles. The first-order valence-electron chi connectivity index (χ1n) is 21.8. The molecule has 4 aromatic rings. The van der Waals surface area contributed by atoms with Crippen LogP contribution in [0.15, 0.2) is 186 Å². The van der Waals surface area contributed by atoms with E-state index in [4.69, 9.17) is 33.2 Å². The maximum atomic E-state index is 10.9. The van der Waals surface area contributed by atoms with E-state index >= 15 is 0 Å². The molecule has 0 N–H and O–H groups in total. The Morgan fingerprint density at radius 2 is 0.789 bits per heavy atom. The van der Waals surface area contributed by atoms with E-state index in [1.807, 2.05) is 99.6 Å². The molecule has 15 heteroatoms. The highest BCUT2D eigenvalue weighted by Crippen LogP contribution is 2.17. The second-order valence-electron chi connectivity index (χ2n) is 14.6. The number of benzene rings is 4. The standard InChI is InChI=1S/C14H14O4.C14H12O2.C11H16O4.C11H12O3.C6H10O2/c1-3-13(15)17-9-11-6-5-7-12(8-11)10-18-14(16)4-2;1-2-14(15)16-10-11-7-8-12-5-3-4-6-13(12)9-11;1-5-9(12)14-7-11(3,4)8-15-10(13)6-2;1-2-11(12)14-9-8-13-10-6-4-3-5-7-10;1-3-5-8-6(7)4-2/h3-8H,1-2,9-10H2;2-9H,1,10H2;5-6H,1-2,7-8H2,3-4H3;2-7H,1,8-9H2;4H,2-3,5H2,1H3. The number of fused-ring (bicyclic) bond motifs is 1. The SMILES string of the molecule is C=CC(=O)OCC(C)(C)COC(=O)C=C.C=CC(=O)OCCC.C=CC(=O)OCCOc1ccccc1.C=CC(=O)OCc1ccc2ccccc2c1.C=CC(=O)OCc1cccc(COC(=O)C=C)c1. The molecule has 0 saturated heterocycles. The van der Waals surface area contributed by atoms with Gasteiger partial charge in [-0.15, -0.1) is 0 Å². The van der Waals surface area contributed by atoms with Crippen LogP contribution in [-0.4, -0.2) is 74.8 Å². The van der Waals surface area contributed by atoms with E-state index in [-0.39, 0.29) is 45.6 Å². The van der Waals surface area contributed by atoms with Gasteiger partial charge in [0.15, 0.2) is 0 Å². The van der Waals surface area contributed by atoms with Crippen LogP contribution in [0.5, 0.6) is 5.75 Å². The van der Waals surface area contributed by atoms with Crippen LogP contribution in [0.3, 0.4) is 0 Å². The fourth-order valence-electron chi connectivity index (χ4n) is 4.61. The summed E-state index contributed by atoms with van der Waals surface area (Å²) < 4.78 is 39.1. The molecular weight excluding hydrogens is 913 g/mol. The van der Waals surface area contributed by atoms with E-state index in [1.165, 1.54) is 11.5 Å². The molecule has 15 nitrogen and oxygen atoms in total. The van der Waals surface area contributed by atoms with Crippen LogP contribution >= 0.6 is 0 Å². The van der Waals surface area contributed by atoms with Crippen molar-refractivity contribution in [1.82, 2.24) is 0 Å². The lowest BCUT2D eigenvalue weighted by molar-refractivity contribution is -0.147. The summed E-state index contributed by atoms with van der Waals surface area (Å²) in [5, 5.41) is 2.33. The van der Waals surface area contributed by atoms with Crippen LogP contribution < -0.4 is 4.74 Å². The van der Waals surface area contributed by atoms with E-state index in [2.05, 4.69) is 56.9 Å². The van der Waals surface area contributed by atoms with Gasteiger partial charge in [0, 0.05) is 47.9 Å². The number of hydrogen-bond acceptors (Lipinski definition) is 15. The molecule has 71 heavy (non-hydrogen) atoms. The van der Waals surface area contributed by atoms with Crippen molar-refractivity contribution in [2.45, 2.75) is 47.0 Å². The highest BCUT2D eigenvalue weighted by atomic mass is 16.6. The number of rotatable bonds is 23. The molecular formula is C56H64O15. The normalized spacial score (nSPS) is 9.51. The van der Waals surface area contributed by atoms with Gasteiger partial charge in [0.25, 0.3) is 0 Å². The minimum absolute atomic E-state index is 0.161. The number of carbonyl (C=O) groups is 7. The van der Waals surface area contributed by atoms with Gasteiger partial charge in [-0.05, 0) is 58.1 Å². The van der Waals surface area contributed by atoms with Gasteiger partial charge in [0.1, 0.15) is 38.8 Å². The van der Waals surface area contributed by atoms with Gasteiger partial charge in [-0.1, -0.05) is 140 Å². The lowest BCUT2D eigenvalue weighted by Gasteiger charge is -2.22. The largest absolute Gasteiger partial charge is 0.490 e. The molecule has 0 radical (unpaired) electrons. The summed E-state index contributed by atoms with van der Waals surface area (Å²) in [6.45, 7) is 30.6. The predicted molar refractivity (Wildman–Crippen MR) is 271 cm³/mol. The maximum absolute atomic E-state index is 10.9. The maximum Gasteiger partial charge on any atom is 0.330 e. The molecule has 0 aromatic heterocycles. The number of para-hydroxylation sites is 1. The fraction of sp³-hybridized carbons (Fsp3) is 0.232. The van der Waals surface area contributed by atoms with Gasteiger partial charge in [-0.3, -0.25) is 0 Å². The minimum Gasteiger partial charge on any atom is -0.490 e. The van der Waals surface area contributed by atoms with Crippen LogP contribution in [0.2, 0.25) is 0 Å². The summed E-state index contributed by atoms with van der Waals surface area (Å²) in [4.78, 5) is 75.1. The molecule has 0 saturated carbocycles. The molecule has 0 spiro atoms. The van der Waals surface area contributed by atoms with Crippen LogP contribution in [-0.2, 0) is 86.5 Å². The first-order valence-corrected chi connectivity index (χ1v) is 21.8. The van der Waals surface area contributed by atoms with Crippen molar-refractivity contribution >= 4 is 52.6 Å². The third-order valence-electron chi connectivity index (χ3n) is 8.11. The summed E-state index contributed by atoms with van der Waals surface area (Å²) >= 11 is 0. The Balaban J connectivity index is 0.000000879. The first-order chi connectivity index (χ1) is 34.0. The van der Waals surface area contributed by atoms with Gasteiger partial charge < -0.3 is 37.9 Å². The second-order valence-corrected chi connectivity index (χ2v) is 14.6. The smallest absolute Gasteiger partial charge is 0.330 e. The quantitative estimate of drug-likeness (QED) is 0.0295. The molecule has 0 aliphatic carbocycles. The van der Waals surface area contributed by atoms with Crippen LogP contribution in [0.4, 0.5) is 0 Å². The molecule has 0 amide bonds. The predicted octanol–water partition coefficient (Wildman–Crippen LogP) is 9.61. The van der Waals surface area contributed by atoms with Crippen LogP contribution in [0.25, 0.3) is 10.8 Å².